The van der Waals surface area contributed by atoms with Crippen molar-refractivity contribution in [2.75, 3.05) is 13.1 Å². The van der Waals surface area contributed by atoms with Crippen LogP contribution < -0.4 is 0 Å². The fourth-order valence-corrected chi connectivity index (χ4v) is 5.87. The highest BCUT2D eigenvalue weighted by Gasteiger charge is 2.49. The van der Waals surface area contributed by atoms with Crippen molar-refractivity contribution in [3.63, 3.8) is 0 Å². The molecule has 4 nitrogen and oxygen atoms in total. The summed E-state index contributed by atoms with van der Waals surface area (Å²) in [5.41, 5.74) is 0. The van der Waals surface area contributed by atoms with Crippen LogP contribution in [0.1, 0.15) is 46.0 Å². The molecule has 0 N–H and O–H groups in total. The van der Waals surface area contributed by atoms with E-state index in [9.17, 15) is 8.42 Å². The first-order chi connectivity index (χ1) is 8.50. The summed E-state index contributed by atoms with van der Waals surface area (Å²) in [6.07, 6.45) is 5.31. The Morgan fingerprint density at radius 2 is 1.61 bits per heavy atom. The molecule has 0 spiro atoms. The molecular weight excluding hydrogens is 248 g/mol. The lowest BCUT2D eigenvalue weighted by atomic mass is 9.84. The third-order valence-corrected chi connectivity index (χ3v) is 7.20. The van der Waals surface area contributed by atoms with E-state index in [4.69, 9.17) is 0 Å². The number of rotatable bonds is 3. The Labute approximate surface area is 111 Å². The van der Waals surface area contributed by atoms with E-state index in [1.165, 1.54) is 0 Å². The smallest absolute Gasteiger partial charge is 0.195 e. The average Bonchev–Trinajstić information content (AvgIpc) is 2.47. The van der Waals surface area contributed by atoms with Crippen LogP contribution in [0.25, 0.3) is 0 Å². The quantitative estimate of drug-likeness (QED) is 0.786. The lowest BCUT2D eigenvalue weighted by Crippen LogP contribution is -2.56. The second kappa shape index (κ2) is 4.46. The van der Waals surface area contributed by atoms with Gasteiger partial charge in [-0.15, -0.1) is 0 Å². The van der Waals surface area contributed by atoms with Crippen LogP contribution in [0.5, 0.6) is 0 Å². The molecule has 3 heterocycles. The van der Waals surface area contributed by atoms with Gasteiger partial charge in [0.05, 0.1) is 0 Å². The molecule has 5 heteroatoms. The summed E-state index contributed by atoms with van der Waals surface area (Å²) in [5.74, 6) is 1.40. The van der Waals surface area contributed by atoms with E-state index in [-0.39, 0.29) is 12.1 Å². The largest absolute Gasteiger partial charge is 0.282 e. The standard InChI is InChI=1S/C13H24N2O2S/c1-10(2)11-8-12-4-5-13(9-11)15(12)18(16,17)14-6-3-7-14/h10-13H,3-9H2,1-2H3. The van der Waals surface area contributed by atoms with E-state index in [1.807, 2.05) is 4.31 Å². The maximum atomic E-state index is 12.6. The first-order valence-electron chi connectivity index (χ1n) is 7.28. The van der Waals surface area contributed by atoms with Gasteiger partial charge in [0.25, 0.3) is 10.2 Å². The summed E-state index contributed by atoms with van der Waals surface area (Å²) in [7, 11) is -3.14. The number of hydrogen-bond donors (Lipinski definition) is 0. The van der Waals surface area contributed by atoms with Crippen molar-refractivity contribution >= 4 is 10.2 Å². The molecule has 2 bridgehead atoms. The summed E-state index contributed by atoms with van der Waals surface area (Å²) >= 11 is 0. The third-order valence-electron chi connectivity index (χ3n) is 5.05. The molecule has 2 atom stereocenters. The molecule has 0 amide bonds. The molecule has 0 saturated carbocycles. The molecular formula is C13H24N2O2S. The molecule has 0 radical (unpaired) electrons. The summed E-state index contributed by atoms with van der Waals surface area (Å²) in [6, 6.07) is 0.559. The van der Waals surface area contributed by atoms with E-state index < -0.39 is 10.2 Å². The monoisotopic (exact) mass is 272 g/mol. The molecule has 0 aromatic rings. The molecule has 0 aromatic carbocycles. The summed E-state index contributed by atoms with van der Waals surface area (Å²) < 4.78 is 28.6. The van der Waals surface area contributed by atoms with E-state index in [2.05, 4.69) is 13.8 Å². The van der Waals surface area contributed by atoms with Crippen molar-refractivity contribution in [2.24, 2.45) is 11.8 Å². The molecule has 3 rings (SSSR count). The minimum atomic E-state index is -3.14. The van der Waals surface area contributed by atoms with E-state index in [0.717, 1.165) is 45.2 Å². The zero-order chi connectivity index (χ0) is 12.9. The van der Waals surface area contributed by atoms with Crippen LogP contribution in [0, 0.1) is 11.8 Å². The van der Waals surface area contributed by atoms with Crippen LogP contribution in [0.3, 0.4) is 0 Å². The van der Waals surface area contributed by atoms with Crippen molar-refractivity contribution in [3.05, 3.63) is 0 Å². The van der Waals surface area contributed by atoms with Gasteiger partial charge < -0.3 is 0 Å². The maximum absolute atomic E-state index is 12.6. The first kappa shape index (κ1) is 12.9. The Bertz CT molecular complexity index is 403. The number of nitrogens with zero attached hydrogens (tertiary/aromatic N) is 2. The number of piperidine rings is 1. The highest BCUT2D eigenvalue weighted by Crippen LogP contribution is 2.43. The first-order valence-corrected chi connectivity index (χ1v) is 8.68. The van der Waals surface area contributed by atoms with E-state index >= 15 is 0 Å². The lowest BCUT2D eigenvalue weighted by Gasteiger charge is -2.43. The Hall–Kier alpha value is -0.130. The van der Waals surface area contributed by atoms with E-state index in [1.54, 1.807) is 4.31 Å². The Balaban J connectivity index is 1.79. The van der Waals surface area contributed by atoms with Crippen molar-refractivity contribution in [2.45, 2.75) is 58.0 Å². The molecule has 0 aromatic heterocycles. The predicted molar refractivity (Wildman–Crippen MR) is 71.3 cm³/mol. The van der Waals surface area contributed by atoms with E-state index in [0.29, 0.717) is 11.8 Å². The fourth-order valence-electron chi connectivity index (χ4n) is 3.75. The number of hydrogen-bond acceptors (Lipinski definition) is 2. The van der Waals surface area contributed by atoms with Gasteiger partial charge >= 0.3 is 0 Å². The average molecular weight is 272 g/mol. The highest BCUT2D eigenvalue weighted by molar-refractivity contribution is 7.86. The van der Waals surface area contributed by atoms with Gasteiger partial charge in [-0.2, -0.15) is 17.0 Å². The number of fused-ring (bicyclic) bond motifs is 2. The van der Waals surface area contributed by atoms with Crippen LogP contribution in [0.4, 0.5) is 0 Å². The summed E-state index contributed by atoms with van der Waals surface area (Å²) in [4.78, 5) is 0. The van der Waals surface area contributed by atoms with Gasteiger partial charge in [-0.25, -0.2) is 0 Å². The van der Waals surface area contributed by atoms with Gasteiger partial charge in [0.15, 0.2) is 0 Å². The molecule has 3 aliphatic heterocycles. The van der Waals surface area contributed by atoms with Crippen molar-refractivity contribution in [1.29, 1.82) is 0 Å². The van der Waals surface area contributed by atoms with Crippen LogP contribution >= 0.6 is 0 Å². The highest BCUT2D eigenvalue weighted by atomic mass is 32.2. The molecule has 0 aliphatic carbocycles. The Morgan fingerprint density at radius 3 is 2.00 bits per heavy atom. The van der Waals surface area contributed by atoms with Crippen LogP contribution in [-0.2, 0) is 10.2 Å². The minimum Gasteiger partial charge on any atom is -0.195 e. The SMILES string of the molecule is CC(C)C1CC2CCC(C1)N2S(=O)(=O)N1CCC1. The van der Waals surface area contributed by atoms with Crippen molar-refractivity contribution in [1.82, 2.24) is 8.61 Å². The second-order valence-electron chi connectivity index (χ2n) is 6.45. The van der Waals surface area contributed by atoms with Gasteiger partial charge in [0, 0.05) is 25.2 Å². The fraction of sp³-hybridized carbons (Fsp3) is 1.00. The normalized spacial score (nSPS) is 38.1. The Kier molecular flexibility index (Phi) is 3.19. The van der Waals surface area contributed by atoms with Crippen molar-refractivity contribution < 1.29 is 8.42 Å². The second-order valence-corrected chi connectivity index (χ2v) is 8.28. The molecule has 3 saturated heterocycles. The van der Waals surface area contributed by atoms with Gasteiger partial charge in [0.1, 0.15) is 0 Å². The predicted octanol–water partition coefficient (Wildman–Crippen LogP) is 1.84. The van der Waals surface area contributed by atoms with Gasteiger partial charge in [-0.05, 0) is 43.9 Å². The molecule has 2 unspecified atom stereocenters. The summed E-state index contributed by atoms with van der Waals surface area (Å²) in [5, 5.41) is 0. The molecule has 104 valence electrons. The molecule has 18 heavy (non-hydrogen) atoms. The zero-order valence-corrected chi connectivity index (χ0v) is 12.2. The molecule has 3 fully saturated rings. The minimum absolute atomic E-state index is 0.279. The van der Waals surface area contributed by atoms with Crippen molar-refractivity contribution in [3.8, 4) is 0 Å². The van der Waals surface area contributed by atoms with Gasteiger partial charge in [-0.3, -0.25) is 0 Å². The maximum Gasteiger partial charge on any atom is 0.282 e. The van der Waals surface area contributed by atoms with Crippen LogP contribution in [0.2, 0.25) is 0 Å². The topological polar surface area (TPSA) is 40.6 Å². The molecule has 3 aliphatic rings. The van der Waals surface area contributed by atoms with Crippen LogP contribution in [-0.4, -0.2) is 42.2 Å². The van der Waals surface area contributed by atoms with Gasteiger partial charge in [0.2, 0.25) is 0 Å². The Morgan fingerprint density at radius 1 is 1.06 bits per heavy atom. The zero-order valence-electron chi connectivity index (χ0n) is 11.4. The van der Waals surface area contributed by atoms with Gasteiger partial charge in [-0.1, -0.05) is 13.8 Å². The van der Waals surface area contributed by atoms with Crippen LogP contribution in [0.15, 0.2) is 0 Å². The summed E-state index contributed by atoms with van der Waals surface area (Å²) in [6.45, 7) is 5.99. The lowest BCUT2D eigenvalue weighted by molar-refractivity contribution is 0.144. The third kappa shape index (κ3) is 1.91.